The van der Waals surface area contributed by atoms with E-state index in [1.165, 1.54) is 17.7 Å². The lowest BCUT2D eigenvalue weighted by atomic mass is 10.0. The third-order valence-electron chi connectivity index (χ3n) is 5.48. The highest BCUT2D eigenvalue weighted by atomic mass is 19.1. The number of halogens is 1. The SMILES string of the molecule is O=C(NC1CCN(C2CC(c3ccccc3)NN2)CC1)c1cccc(F)c1. The highest BCUT2D eigenvalue weighted by molar-refractivity contribution is 5.94. The van der Waals surface area contributed by atoms with Crippen molar-refractivity contribution >= 4 is 5.91 Å². The summed E-state index contributed by atoms with van der Waals surface area (Å²) >= 11 is 0. The largest absolute Gasteiger partial charge is 0.349 e. The first-order valence-electron chi connectivity index (χ1n) is 9.55. The highest BCUT2D eigenvalue weighted by Crippen LogP contribution is 2.25. The van der Waals surface area contributed by atoms with Crippen LogP contribution in [0.3, 0.4) is 0 Å². The van der Waals surface area contributed by atoms with E-state index < -0.39 is 0 Å². The van der Waals surface area contributed by atoms with Gasteiger partial charge in [-0.3, -0.25) is 9.69 Å². The van der Waals surface area contributed by atoms with Crippen molar-refractivity contribution in [1.82, 2.24) is 21.1 Å². The maximum Gasteiger partial charge on any atom is 0.251 e. The van der Waals surface area contributed by atoms with Crippen LogP contribution in [0.2, 0.25) is 0 Å². The van der Waals surface area contributed by atoms with Gasteiger partial charge in [-0.05, 0) is 43.0 Å². The molecule has 5 nitrogen and oxygen atoms in total. The molecule has 0 radical (unpaired) electrons. The van der Waals surface area contributed by atoms with E-state index >= 15 is 0 Å². The fourth-order valence-corrected chi connectivity index (χ4v) is 3.94. The molecule has 2 aliphatic rings. The highest BCUT2D eigenvalue weighted by Gasteiger charge is 2.32. The Labute approximate surface area is 158 Å². The van der Waals surface area contributed by atoms with E-state index in [1.807, 2.05) is 6.07 Å². The number of hydrazine groups is 1. The Morgan fingerprint density at radius 2 is 1.81 bits per heavy atom. The summed E-state index contributed by atoms with van der Waals surface area (Å²) in [6, 6.07) is 16.8. The van der Waals surface area contributed by atoms with Gasteiger partial charge in [0, 0.05) is 30.7 Å². The molecule has 2 atom stereocenters. The fourth-order valence-electron chi connectivity index (χ4n) is 3.94. The number of nitrogens with one attached hydrogen (secondary N) is 3. The van der Waals surface area contributed by atoms with Gasteiger partial charge in [0.25, 0.3) is 5.91 Å². The van der Waals surface area contributed by atoms with Gasteiger partial charge in [0.15, 0.2) is 0 Å². The smallest absolute Gasteiger partial charge is 0.251 e. The molecule has 0 spiro atoms. The Hall–Kier alpha value is -2.28. The van der Waals surface area contributed by atoms with E-state index in [0.29, 0.717) is 17.8 Å². The molecule has 0 bridgehead atoms. The van der Waals surface area contributed by atoms with Crippen LogP contribution < -0.4 is 16.2 Å². The predicted octanol–water partition coefficient (Wildman–Crippen LogP) is 2.59. The average molecular weight is 368 g/mol. The molecular formula is C21H25FN4O. The summed E-state index contributed by atoms with van der Waals surface area (Å²) in [6.07, 6.45) is 3.12. The Morgan fingerprint density at radius 3 is 2.56 bits per heavy atom. The van der Waals surface area contributed by atoms with Crippen LogP contribution in [0.5, 0.6) is 0 Å². The normalized spacial score (nSPS) is 24.0. The number of benzene rings is 2. The van der Waals surface area contributed by atoms with Crippen LogP contribution in [0.25, 0.3) is 0 Å². The maximum atomic E-state index is 13.3. The van der Waals surface area contributed by atoms with Gasteiger partial charge in [-0.25, -0.2) is 15.2 Å². The lowest BCUT2D eigenvalue weighted by molar-refractivity contribution is 0.0879. The van der Waals surface area contributed by atoms with E-state index in [4.69, 9.17) is 0 Å². The fraction of sp³-hybridized carbons (Fsp3) is 0.381. The zero-order valence-electron chi connectivity index (χ0n) is 15.2. The molecule has 27 heavy (non-hydrogen) atoms. The summed E-state index contributed by atoms with van der Waals surface area (Å²) in [5.41, 5.74) is 8.48. The number of hydrogen-bond donors (Lipinski definition) is 3. The van der Waals surface area contributed by atoms with E-state index in [1.54, 1.807) is 12.1 Å². The Bertz CT molecular complexity index is 777. The van der Waals surface area contributed by atoms with E-state index in [-0.39, 0.29) is 17.8 Å². The number of piperidine rings is 1. The van der Waals surface area contributed by atoms with Crippen molar-refractivity contribution in [3.63, 3.8) is 0 Å². The molecule has 2 unspecified atom stereocenters. The predicted molar refractivity (Wildman–Crippen MR) is 102 cm³/mol. The minimum atomic E-state index is -0.384. The first-order valence-corrected chi connectivity index (χ1v) is 9.55. The number of carbonyl (C=O) groups is 1. The molecule has 1 amide bonds. The first kappa shape index (κ1) is 18.1. The molecule has 6 heteroatoms. The number of amides is 1. The molecule has 2 aromatic rings. The summed E-state index contributed by atoms with van der Waals surface area (Å²) < 4.78 is 13.3. The summed E-state index contributed by atoms with van der Waals surface area (Å²) in [5, 5.41) is 3.04. The maximum absolute atomic E-state index is 13.3. The number of rotatable bonds is 4. The van der Waals surface area contributed by atoms with Gasteiger partial charge in [-0.2, -0.15) is 0 Å². The standard InChI is InChI=1S/C21H25FN4O/c22-17-8-4-7-16(13-17)21(27)23-18-9-11-26(12-10-18)20-14-19(24-25-20)15-5-2-1-3-6-15/h1-8,13,18-20,24-25H,9-12,14H2,(H,23,27). The zero-order valence-corrected chi connectivity index (χ0v) is 15.2. The average Bonchev–Trinajstić information content (AvgIpc) is 3.19. The topological polar surface area (TPSA) is 56.4 Å². The number of likely N-dealkylation sites (tertiary alicyclic amines) is 1. The first-order chi connectivity index (χ1) is 13.2. The summed E-state index contributed by atoms with van der Waals surface area (Å²) in [4.78, 5) is 14.7. The zero-order chi connectivity index (χ0) is 18.6. The summed E-state index contributed by atoms with van der Waals surface area (Å²) in [5.74, 6) is -0.581. The van der Waals surface area contributed by atoms with Gasteiger partial charge in [-0.15, -0.1) is 0 Å². The molecule has 3 N–H and O–H groups in total. The van der Waals surface area contributed by atoms with Gasteiger partial charge in [0.1, 0.15) is 5.82 Å². The van der Waals surface area contributed by atoms with Crippen molar-refractivity contribution in [1.29, 1.82) is 0 Å². The van der Waals surface area contributed by atoms with Gasteiger partial charge in [-0.1, -0.05) is 36.4 Å². The molecular weight excluding hydrogens is 343 g/mol. The third-order valence-corrected chi connectivity index (χ3v) is 5.48. The minimum Gasteiger partial charge on any atom is -0.349 e. The monoisotopic (exact) mass is 368 g/mol. The van der Waals surface area contributed by atoms with Crippen LogP contribution in [0.4, 0.5) is 4.39 Å². The van der Waals surface area contributed by atoms with E-state index in [0.717, 1.165) is 32.4 Å². The molecule has 142 valence electrons. The van der Waals surface area contributed by atoms with Crippen molar-refractivity contribution in [3.05, 3.63) is 71.5 Å². The van der Waals surface area contributed by atoms with Gasteiger partial charge in [0.2, 0.25) is 0 Å². The lowest BCUT2D eigenvalue weighted by Gasteiger charge is -2.35. The molecule has 2 aliphatic heterocycles. The van der Waals surface area contributed by atoms with Crippen LogP contribution in [0.15, 0.2) is 54.6 Å². The van der Waals surface area contributed by atoms with Crippen molar-refractivity contribution in [2.45, 2.75) is 37.5 Å². The molecule has 2 fully saturated rings. The quantitative estimate of drug-likeness (QED) is 0.777. The van der Waals surface area contributed by atoms with Crippen LogP contribution in [0.1, 0.15) is 41.2 Å². The molecule has 2 saturated heterocycles. The third kappa shape index (κ3) is 4.35. The van der Waals surface area contributed by atoms with Crippen LogP contribution >= 0.6 is 0 Å². The number of carbonyl (C=O) groups excluding carboxylic acids is 1. The number of nitrogens with zero attached hydrogens (tertiary/aromatic N) is 1. The molecule has 0 aliphatic carbocycles. The number of hydrogen-bond acceptors (Lipinski definition) is 4. The van der Waals surface area contributed by atoms with Gasteiger partial charge < -0.3 is 5.32 Å². The van der Waals surface area contributed by atoms with Crippen LogP contribution in [-0.4, -0.2) is 36.1 Å². The molecule has 0 aromatic heterocycles. The van der Waals surface area contributed by atoms with Crippen molar-refractivity contribution in [2.75, 3.05) is 13.1 Å². The van der Waals surface area contributed by atoms with Crippen molar-refractivity contribution in [2.24, 2.45) is 0 Å². The van der Waals surface area contributed by atoms with Crippen molar-refractivity contribution in [3.8, 4) is 0 Å². The van der Waals surface area contributed by atoms with Crippen LogP contribution in [-0.2, 0) is 0 Å². The Morgan fingerprint density at radius 1 is 1.04 bits per heavy atom. The molecule has 2 heterocycles. The Balaban J connectivity index is 1.26. The Kier molecular flexibility index (Phi) is 5.48. The van der Waals surface area contributed by atoms with E-state index in [9.17, 15) is 9.18 Å². The molecule has 4 rings (SSSR count). The molecule has 0 saturated carbocycles. The second-order valence-corrected chi connectivity index (χ2v) is 7.30. The lowest BCUT2D eigenvalue weighted by Crippen LogP contribution is -2.51. The minimum absolute atomic E-state index is 0.135. The summed E-state index contributed by atoms with van der Waals surface area (Å²) in [7, 11) is 0. The van der Waals surface area contributed by atoms with Gasteiger partial charge in [0.05, 0.1) is 6.17 Å². The van der Waals surface area contributed by atoms with E-state index in [2.05, 4.69) is 45.3 Å². The van der Waals surface area contributed by atoms with Crippen LogP contribution in [0, 0.1) is 5.82 Å². The second kappa shape index (κ2) is 8.17. The second-order valence-electron chi connectivity index (χ2n) is 7.30. The summed E-state index contributed by atoms with van der Waals surface area (Å²) in [6.45, 7) is 1.85. The molecule has 2 aromatic carbocycles. The van der Waals surface area contributed by atoms with Gasteiger partial charge >= 0.3 is 0 Å². The van der Waals surface area contributed by atoms with Crippen molar-refractivity contribution < 1.29 is 9.18 Å².